The van der Waals surface area contributed by atoms with Crippen molar-refractivity contribution < 1.29 is 9.53 Å². The molecule has 24 heavy (non-hydrogen) atoms. The fourth-order valence-electron chi connectivity index (χ4n) is 3.35. The van der Waals surface area contributed by atoms with Gasteiger partial charge >= 0.3 is 0 Å². The molecule has 1 atom stereocenters. The van der Waals surface area contributed by atoms with Gasteiger partial charge < -0.3 is 20.4 Å². The fraction of sp³-hybridized carbons (Fsp3) is 0.526. The predicted molar refractivity (Wildman–Crippen MR) is 96.9 cm³/mol. The molecular formula is C19H27N3O2. The number of carbonyl (C=O) groups is 1. The largest absolute Gasteiger partial charge is 0.381 e. The highest BCUT2D eigenvalue weighted by atomic mass is 16.5. The molecule has 0 bridgehead atoms. The van der Waals surface area contributed by atoms with E-state index >= 15 is 0 Å². The van der Waals surface area contributed by atoms with E-state index in [1.54, 1.807) is 0 Å². The quantitative estimate of drug-likeness (QED) is 0.886. The second-order valence-corrected chi connectivity index (χ2v) is 7.10. The van der Waals surface area contributed by atoms with E-state index in [0.717, 1.165) is 30.5 Å². The number of anilines is 1. The molecule has 1 aromatic carbocycles. The zero-order valence-corrected chi connectivity index (χ0v) is 14.5. The van der Waals surface area contributed by atoms with Crippen molar-refractivity contribution in [1.82, 2.24) is 4.57 Å². The maximum absolute atomic E-state index is 12.4. The van der Waals surface area contributed by atoms with E-state index in [1.807, 2.05) is 12.1 Å². The van der Waals surface area contributed by atoms with Gasteiger partial charge in [0.2, 0.25) is 5.91 Å². The number of ether oxygens (including phenoxy) is 1. The minimum absolute atomic E-state index is 0.108. The Labute approximate surface area is 143 Å². The molecule has 1 saturated heterocycles. The number of benzene rings is 1. The van der Waals surface area contributed by atoms with Gasteiger partial charge in [-0.3, -0.25) is 4.79 Å². The Bertz CT molecular complexity index is 702. The van der Waals surface area contributed by atoms with E-state index in [9.17, 15) is 4.79 Å². The molecule has 0 aliphatic carbocycles. The zero-order valence-electron chi connectivity index (χ0n) is 14.5. The molecule has 1 unspecified atom stereocenters. The summed E-state index contributed by atoms with van der Waals surface area (Å²) in [6, 6.07) is 7.64. The van der Waals surface area contributed by atoms with Crippen molar-refractivity contribution in [2.45, 2.75) is 39.3 Å². The number of carbonyl (C=O) groups excluding carboxylic acids is 1. The van der Waals surface area contributed by atoms with E-state index in [0.29, 0.717) is 19.1 Å². The third-order valence-corrected chi connectivity index (χ3v) is 4.68. The van der Waals surface area contributed by atoms with Crippen LogP contribution in [-0.2, 0) is 16.1 Å². The Balaban J connectivity index is 1.69. The van der Waals surface area contributed by atoms with Gasteiger partial charge in [-0.15, -0.1) is 0 Å². The average Bonchev–Trinajstić information content (AvgIpc) is 2.96. The zero-order chi connectivity index (χ0) is 17.1. The third-order valence-electron chi connectivity index (χ3n) is 4.68. The second-order valence-electron chi connectivity index (χ2n) is 7.10. The highest BCUT2D eigenvalue weighted by Gasteiger charge is 2.26. The van der Waals surface area contributed by atoms with Gasteiger partial charge in [0, 0.05) is 42.5 Å². The van der Waals surface area contributed by atoms with E-state index in [-0.39, 0.29) is 11.8 Å². The molecule has 1 amide bonds. The van der Waals surface area contributed by atoms with Crippen LogP contribution in [0.15, 0.2) is 30.5 Å². The molecule has 2 heterocycles. The van der Waals surface area contributed by atoms with Gasteiger partial charge in [0.25, 0.3) is 0 Å². The molecule has 1 aliphatic rings. The number of fused-ring (bicyclic) bond motifs is 1. The summed E-state index contributed by atoms with van der Waals surface area (Å²) in [6.07, 6.45) is 3.81. The third kappa shape index (κ3) is 3.79. The lowest BCUT2D eigenvalue weighted by Gasteiger charge is -2.26. The first-order valence-electron chi connectivity index (χ1n) is 8.77. The minimum atomic E-state index is -0.477. The van der Waals surface area contributed by atoms with Crippen molar-refractivity contribution >= 4 is 22.5 Å². The molecule has 1 aliphatic heterocycles. The van der Waals surface area contributed by atoms with Crippen LogP contribution in [0, 0.1) is 11.8 Å². The molecule has 0 saturated carbocycles. The lowest BCUT2D eigenvalue weighted by molar-refractivity contribution is -0.119. The first-order valence-corrected chi connectivity index (χ1v) is 8.77. The minimum Gasteiger partial charge on any atom is -0.381 e. The summed E-state index contributed by atoms with van der Waals surface area (Å²) in [5, 5.41) is 4.10. The van der Waals surface area contributed by atoms with Gasteiger partial charge in [0.1, 0.15) is 0 Å². The molecule has 2 aromatic rings. The maximum atomic E-state index is 12.4. The highest BCUT2D eigenvalue weighted by molar-refractivity contribution is 5.97. The second kappa shape index (κ2) is 7.36. The molecule has 1 fully saturated rings. The van der Waals surface area contributed by atoms with E-state index in [4.69, 9.17) is 10.5 Å². The number of hydrogen-bond donors (Lipinski definition) is 2. The van der Waals surface area contributed by atoms with Crippen molar-refractivity contribution in [1.29, 1.82) is 0 Å². The molecule has 1 aromatic heterocycles. The Morgan fingerprint density at radius 3 is 2.79 bits per heavy atom. The normalized spacial score (nSPS) is 17.3. The van der Waals surface area contributed by atoms with Crippen LogP contribution in [0.1, 0.15) is 26.7 Å². The smallest absolute Gasteiger partial charge is 0.241 e. The van der Waals surface area contributed by atoms with Crippen molar-refractivity contribution in [3.05, 3.63) is 30.5 Å². The van der Waals surface area contributed by atoms with E-state index in [1.165, 1.54) is 5.52 Å². The Morgan fingerprint density at radius 2 is 2.08 bits per heavy atom. The standard InChI is InChI=1S/C19H27N3O2/c1-13(2)12-22-8-5-15-11-16(3-4-17(15)22)21-19(23)18(20)14-6-9-24-10-7-14/h3-5,8,11,13-14,18H,6-7,9-10,12,20H2,1-2H3,(H,21,23). The summed E-state index contributed by atoms with van der Waals surface area (Å²) in [7, 11) is 0. The molecule has 5 nitrogen and oxygen atoms in total. The van der Waals surface area contributed by atoms with Crippen LogP contribution in [0.25, 0.3) is 10.9 Å². The summed E-state index contributed by atoms with van der Waals surface area (Å²) in [5.74, 6) is 0.690. The summed E-state index contributed by atoms with van der Waals surface area (Å²) in [4.78, 5) is 12.4. The summed E-state index contributed by atoms with van der Waals surface area (Å²) < 4.78 is 7.59. The van der Waals surface area contributed by atoms with Crippen molar-refractivity contribution in [3.63, 3.8) is 0 Å². The lowest BCUT2D eigenvalue weighted by Crippen LogP contribution is -2.43. The highest BCUT2D eigenvalue weighted by Crippen LogP contribution is 2.23. The first kappa shape index (κ1) is 17.0. The van der Waals surface area contributed by atoms with Gasteiger partial charge in [0.15, 0.2) is 0 Å². The van der Waals surface area contributed by atoms with Crippen LogP contribution >= 0.6 is 0 Å². The molecule has 0 spiro atoms. The summed E-state index contributed by atoms with van der Waals surface area (Å²) in [6.45, 7) is 6.79. The summed E-state index contributed by atoms with van der Waals surface area (Å²) >= 11 is 0. The van der Waals surface area contributed by atoms with E-state index < -0.39 is 6.04 Å². The monoisotopic (exact) mass is 329 g/mol. The Morgan fingerprint density at radius 1 is 1.33 bits per heavy atom. The van der Waals surface area contributed by atoms with Gasteiger partial charge in [-0.1, -0.05) is 13.8 Å². The first-order chi connectivity index (χ1) is 11.5. The fourth-order valence-corrected chi connectivity index (χ4v) is 3.35. The number of aromatic nitrogens is 1. The van der Waals surface area contributed by atoms with E-state index in [2.05, 4.69) is 42.1 Å². The maximum Gasteiger partial charge on any atom is 0.241 e. The van der Waals surface area contributed by atoms with Crippen molar-refractivity contribution in [2.24, 2.45) is 17.6 Å². The molecule has 130 valence electrons. The average molecular weight is 329 g/mol. The molecule has 3 N–H and O–H groups in total. The SMILES string of the molecule is CC(C)Cn1ccc2cc(NC(=O)C(N)C3CCOCC3)ccc21. The van der Waals surface area contributed by atoms with Crippen LogP contribution in [0.3, 0.4) is 0 Å². The predicted octanol–water partition coefficient (Wildman–Crippen LogP) is 2.99. The number of nitrogens with zero attached hydrogens (tertiary/aromatic N) is 1. The molecule has 0 radical (unpaired) electrons. The molecular weight excluding hydrogens is 302 g/mol. The molecule has 3 rings (SSSR count). The number of amides is 1. The molecule has 5 heteroatoms. The Hall–Kier alpha value is -1.85. The van der Waals surface area contributed by atoms with Crippen LogP contribution in [0.4, 0.5) is 5.69 Å². The van der Waals surface area contributed by atoms with Gasteiger partial charge in [-0.05, 0) is 48.9 Å². The van der Waals surface area contributed by atoms with Crippen LogP contribution in [0.2, 0.25) is 0 Å². The van der Waals surface area contributed by atoms with Crippen molar-refractivity contribution in [3.8, 4) is 0 Å². The number of nitrogens with two attached hydrogens (primary N) is 1. The summed E-state index contributed by atoms with van der Waals surface area (Å²) in [5.41, 5.74) is 8.13. The van der Waals surface area contributed by atoms with Crippen LogP contribution in [0.5, 0.6) is 0 Å². The topological polar surface area (TPSA) is 69.3 Å². The van der Waals surface area contributed by atoms with Crippen LogP contribution < -0.4 is 11.1 Å². The lowest BCUT2D eigenvalue weighted by atomic mass is 9.92. The van der Waals surface area contributed by atoms with Gasteiger partial charge in [-0.2, -0.15) is 0 Å². The van der Waals surface area contributed by atoms with Gasteiger partial charge in [0.05, 0.1) is 6.04 Å². The number of hydrogen-bond acceptors (Lipinski definition) is 3. The Kier molecular flexibility index (Phi) is 5.21. The van der Waals surface area contributed by atoms with Gasteiger partial charge in [-0.25, -0.2) is 0 Å². The van der Waals surface area contributed by atoms with Crippen molar-refractivity contribution in [2.75, 3.05) is 18.5 Å². The van der Waals surface area contributed by atoms with Crippen LogP contribution in [-0.4, -0.2) is 29.7 Å². The number of rotatable bonds is 5. The number of nitrogens with one attached hydrogen (secondary N) is 1.